The number of carbonyl (C=O) groups excluding carboxylic acids is 2. The van der Waals surface area contributed by atoms with E-state index in [-0.39, 0.29) is 30.1 Å². The van der Waals surface area contributed by atoms with Gasteiger partial charge in [-0.05, 0) is 56.0 Å². The summed E-state index contributed by atoms with van der Waals surface area (Å²) in [7, 11) is 0. The molecule has 8 heteroatoms. The van der Waals surface area contributed by atoms with Gasteiger partial charge in [0.1, 0.15) is 0 Å². The van der Waals surface area contributed by atoms with Crippen LogP contribution in [-0.2, 0) is 9.59 Å². The number of carbonyl (C=O) groups is 2. The summed E-state index contributed by atoms with van der Waals surface area (Å²) in [5.74, 6) is 0.761. The fourth-order valence-electron chi connectivity index (χ4n) is 4.77. The Hall–Kier alpha value is -3.55. The second kappa shape index (κ2) is 8.77. The molecule has 0 N–H and O–H groups in total. The molecule has 2 saturated heterocycles. The predicted octanol–water partition coefficient (Wildman–Crippen LogP) is 3.51. The molecule has 0 unspecified atom stereocenters. The zero-order valence-corrected chi connectivity index (χ0v) is 18.9. The van der Waals surface area contributed by atoms with Gasteiger partial charge in [0.05, 0.1) is 11.8 Å². The molecule has 4 heterocycles. The van der Waals surface area contributed by atoms with Crippen LogP contribution in [0.3, 0.4) is 0 Å². The number of hydrogen-bond donors (Lipinski definition) is 0. The summed E-state index contributed by atoms with van der Waals surface area (Å²) in [6.45, 7) is 5.65. The Bertz CT molecular complexity index is 1180. The molecule has 0 bridgehead atoms. The smallest absolute Gasteiger partial charge is 0.231 e. The largest absolute Gasteiger partial charge is 0.342 e. The Kier molecular flexibility index (Phi) is 5.66. The summed E-state index contributed by atoms with van der Waals surface area (Å²) in [6.07, 6.45) is 5.40. The van der Waals surface area contributed by atoms with E-state index in [9.17, 15) is 9.59 Å². The average molecular weight is 446 g/mol. The van der Waals surface area contributed by atoms with Gasteiger partial charge in [0.25, 0.3) is 0 Å². The maximum atomic E-state index is 13.4. The maximum absolute atomic E-state index is 13.4. The number of likely N-dealkylation sites (tertiary alicyclic amines) is 1. The molecule has 0 radical (unpaired) electrons. The van der Waals surface area contributed by atoms with Crippen LogP contribution in [0.4, 0.5) is 5.69 Å². The molecular weight excluding hydrogens is 418 g/mol. The highest BCUT2D eigenvalue weighted by Gasteiger charge is 2.39. The molecule has 0 saturated carbocycles. The Morgan fingerprint density at radius 1 is 1.18 bits per heavy atom. The molecule has 8 nitrogen and oxygen atoms in total. The van der Waals surface area contributed by atoms with Crippen molar-refractivity contribution in [3.8, 4) is 11.4 Å². The Morgan fingerprint density at radius 2 is 2.06 bits per heavy atom. The van der Waals surface area contributed by atoms with Crippen molar-refractivity contribution in [3.63, 3.8) is 0 Å². The first-order valence-corrected chi connectivity index (χ1v) is 11.4. The van der Waals surface area contributed by atoms with Crippen LogP contribution < -0.4 is 4.90 Å². The zero-order valence-electron chi connectivity index (χ0n) is 18.9. The highest BCUT2D eigenvalue weighted by atomic mass is 16.5. The van der Waals surface area contributed by atoms with Crippen molar-refractivity contribution in [2.45, 2.75) is 39.0 Å². The number of benzene rings is 1. The molecule has 0 spiro atoms. The number of aromatic nitrogens is 3. The number of piperidine rings is 1. The van der Waals surface area contributed by atoms with Gasteiger partial charge in [0.2, 0.25) is 23.5 Å². The highest BCUT2D eigenvalue weighted by Crippen LogP contribution is 2.32. The minimum absolute atomic E-state index is 0.00662. The van der Waals surface area contributed by atoms with Crippen molar-refractivity contribution in [2.24, 2.45) is 5.92 Å². The van der Waals surface area contributed by atoms with Gasteiger partial charge in [0, 0.05) is 49.7 Å². The van der Waals surface area contributed by atoms with Gasteiger partial charge in [-0.3, -0.25) is 14.6 Å². The van der Waals surface area contributed by atoms with Gasteiger partial charge in [-0.15, -0.1) is 0 Å². The highest BCUT2D eigenvalue weighted by molar-refractivity contribution is 6.00. The first-order valence-electron chi connectivity index (χ1n) is 11.4. The summed E-state index contributed by atoms with van der Waals surface area (Å²) in [4.78, 5) is 38.4. The van der Waals surface area contributed by atoms with Crippen LogP contribution in [0.5, 0.6) is 0 Å². The minimum Gasteiger partial charge on any atom is -0.342 e. The third kappa shape index (κ3) is 4.25. The van der Waals surface area contributed by atoms with Crippen molar-refractivity contribution >= 4 is 17.5 Å². The summed E-state index contributed by atoms with van der Waals surface area (Å²) in [6, 6.07) is 9.79. The molecule has 2 aromatic heterocycles. The predicted molar refractivity (Wildman–Crippen MR) is 122 cm³/mol. The molecular formula is C25H27N5O3. The number of anilines is 1. The monoisotopic (exact) mass is 445 g/mol. The van der Waals surface area contributed by atoms with E-state index in [0.717, 1.165) is 35.2 Å². The number of pyridine rings is 1. The van der Waals surface area contributed by atoms with E-state index in [1.54, 1.807) is 17.3 Å². The maximum Gasteiger partial charge on any atom is 0.231 e. The van der Waals surface area contributed by atoms with E-state index in [2.05, 4.69) is 15.1 Å². The van der Waals surface area contributed by atoms with Crippen molar-refractivity contribution in [1.82, 2.24) is 20.0 Å². The molecule has 3 aromatic rings. The van der Waals surface area contributed by atoms with E-state index in [4.69, 9.17) is 4.52 Å². The van der Waals surface area contributed by atoms with Crippen LogP contribution in [0, 0.1) is 19.8 Å². The van der Waals surface area contributed by atoms with Crippen LogP contribution in [0.2, 0.25) is 0 Å². The summed E-state index contributed by atoms with van der Waals surface area (Å²) in [5, 5.41) is 4.10. The lowest BCUT2D eigenvalue weighted by Crippen LogP contribution is -2.43. The van der Waals surface area contributed by atoms with Gasteiger partial charge in [-0.2, -0.15) is 4.98 Å². The standard InChI is InChI=1S/C25H27N5O3/c1-16-7-8-17(2)21(11-16)30-15-20(12-22(30)31)25(32)29-10-4-6-19(14-29)24-27-23(28-33-24)18-5-3-9-26-13-18/h3,5,7-9,11,13,19-20H,4,6,10,12,14-15H2,1-2H3/t19-,20+/m0/s1. The molecule has 0 aliphatic carbocycles. The lowest BCUT2D eigenvalue weighted by molar-refractivity contribution is -0.137. The fourth-order valence-corrected chi connectivity index (χ4v) is 4.77. The lowest BCUT2D eigenvalue weighted by atomic mass is 9.96. The van der Waals surface area contributed by atoms with Gasteiger partial charge in [-0.1, -0.05) is 17.3 Å². The van der Waals surface area contributed by atoms with Gasteiger partial charge in [-0.25, -0.2) is 0 Å². The number of amides is 2. The average Bonchev–Trinajstić information content (AvgIpc) is 3.48. The molecule has 2 fully saturated rings. The van der Waals surface area contributed by atoms with Crippen LogP contribution >= 0.6 is 0 Å². The molecule has 1 aromatic carbocycles. The SMILES string of the molecule is Cc1ccc(C)c(N2C[C@H](C(=O)N3CCC[C@H](c4nc(-c5cccnc5)no4)C3)CC2=O)c1. The van der Waals surface area contributed by atoms with Gasteiger partial charge in [0.15, 0.2) is 0 Å². The molecule has 5 rings (SSSR count). The van der Waals surface area contributed by atoms with E-state index in [1.165, 1.54) is 0 Å². The summed E-state index contributed by atoms with van der Waals surface area (Å²) in [5.41, 5.74) is 3.84. The molecule has 33 heavy (non-hydrogen) atoms. The number of nitrogens with zero attached hydrogens (tertiary/aromatic N) is 5. The summed E-state index contributed by atoms with van der Waals surface area (Å²) < 4.78 is 5.54. The quantitative estimate of drug-likeness (QED) is 0.610. The first kappa shape index (κ1) is 21.3. The Balaban J connectivity index is 1.27. The van der Waals surface area contributed by atoms with Crippen molar-refractivity contribution in [2.75, 3.05) is 24.5 Å². The molecule has 170 valence electrons. The molecule has 2 amide bonds. The van der Waals surface area contributed by atoms with Crippen LogP contribution in [0.25, 0.3) is 11.4 Å². The van der Waals surface area contributed by atoms with Crippen molar-refractivity contribution in [1.29, 1.82) is 0 Å². The summed E-state index contributed by atoms with van der Waals surface area (Å²) >= 11 is 0. The zero-order chi connectivity index (χ0) is 22.9. The van der Waals surface area contributed by atoms with Crippen LogP contribution in [0.15, 0.2) is 47.2 Å². The number of aryl methyl sites for hydroxylation is 2. The van der Waals surface area contributed by atoms with Gasteiger partial charge < -0.3 is 14.3 Å². The van der Waals surface area contributed by atoms with E-state index < -0.39 is 0 Å². The Morgan fingerprint density at radius 3 is 2.88 bits per heavy atom. The molecule has 2 aliphatic heterocycles. The van der Waals surface area contributed by atoms with E-state index >= 15 is 0 Å². The second-order valence-corrected chi connectivity index (χ2v) is 9.02. The molecule has 2 aliphatic rings. The Labute approximate surface area is 192 Å². The van der Waals surface area contributed by atoms with E-state index in [0.29, 0.717) is 31.3 Å². The number of rotatable bonds is 4. The van der Waals surface area contributed by atoms with E-state index in [1.807, 2.05) is 49.1 Å². The van der Waals surface area contributed by atoms with Crippen molar-refractivity contribution < 1.29 is 14.1 Å². The fraction of sp³-hybridized carbons (Fsp3) is 0.400. The lowest BCUT2D eigenvalue weighted by Gasteiger charge is -2.32. The minimum atomic E-state index is -0.329. The topological polar surface area (TPSA) is 92.4 Å². The van der Waals surface area contributed by atoms with Crippen LogP contribution in [0.1, 0.15) is 42.2 Å². The van der Waals surface area contributed by atoms with Crippen molar-refractivity contribution in [3.05, 3.63) is 59.7 Å². The van der Waals surface area contributed by atoms with Gasteiger partial charge >= 0.3 is 0 Å². The third-order valence-electron chi connectivity index (χ3n) is 6.57. The first-order chi connectivity index (χ1) is 16.0. The van der Waals surface area contributed by atoms with Crippen LogP contribution in [-0.4, -0.2) is 51.5 Å². The second-order valence-electron chi connectivity index (χ2n) is 9.02. The third-order valence-corrected chi connectivity index (χ3v) is 6.57. The normalized spacial score (nSPS) is 21.0. The molecule has 2 atom stereocenters. The number of hydrogen-bond acceptors (Lipinski definition) is 6.